The minimum atomic E-state index is -3.73. The third-order valence-corrected chi connectivity index (χ3v) is 8.30. The number of thiocarbonyl (C=S) groups is 1. The lowest BCUT2D eigenvalue weighted by Gasteiger charge is -2.42. The van der Waals surface area contributed by atoms with Crippen molar-refractivity contribution in [2.45, 2.75) is 29.5 Å². The summed E-state index contributed by atoms with van der Waals surface area (Å²) in [6, 6.07) is 13.3. The molecule has 1 aliphatic rings. The molecule has 1 fully saturated rings. The van der Waals surface area contributed by atoms with Gasteiger partial charge in [0.1, 0.15) is 10.4 Å². The second-order valence-corrected chi connectivity index (χ2v) is 12.6. The Morgan fingerprint density at radius 2 is 1.74 bits per heavy atom. The highest BCUT2D eigenvalue weighted by Crippen LogP contribution is 2.36. The number of benzene rings is 2. The first-order valence-electron chi connectivity index (χ1n) is 10.6. The predicted octanol–water partition coefficient (Wildman–Crippen LogP) is 2.79. The Morgan fingerprint density at radius 1 is 1.12 bits per heavy atom. The fourth-order valence-corrected chi connectivity index (χ4v) is 6.26. The number of sulfonamides is 1. The first-order valence-corrected chi connectivity index (χ1v) is 13.3. The van der Waals surface area contributed by atoms with Gasteiger partial charge >= 0.3 is 0 Å². The van der Waals surface area contributed by atoms with E-state index in [1.54, 1.807) is 18.2 Å². The molecule has 0 radical (unpaired) electrons. The molecule has 0 bridgehead atoms. The van der Waals surface area contributed by atoms with Crippen molar-refractivity contribution in [1.29, 1.82) is 0 Å². The highest BCUT2D eigenvalue weighted by molar-refractivity contribution is 8.24. The Bertz CT molecular complexity index is 1170. The Morgan fingerprint density at radius 3 is 2.32 bits per heavy atom. The number of thioether (sulfide) groups is 1. The van der Waals surface area contributed by atoms with E-state index in [0.29, 0.717) is 28.7 Å². The van der Waals surface area contributed by atoms with Crippen molar-refractivity contribution < 1.29 is 18.0 Å². The van der Waals surface area contributed by atoms with E-state index in [1.807, 2.05) is 32.8 Å². The maximum atomic E-state index is 13.2. The molecule has 1 unspecified atom stereocenters. The van der Waals surface area contributed by atoms with Gasteiger partial charge in [-0.05, 0) is 64.3 Å². The maximum Gasteiger partial charge on any atom is 0.261 e. The fraction of sp³-hybridized carbons (Fsp3) is 0.348. The Hall–Kier alpha value is -2.47. The normalized spacial score (nSPS) is 18.1. The molecule has 2 aromatic rings. The second-order valence-electron chi connectivity index (χ2n) is 8.67. The molecule has 0 saturated carbocycles. The Labute approximate surface area is 210 Å². The maximum absolute atomic E-state index is 13.2. The smallest absolute Gasteiger partial charge is 0.261 e. The predicted molar refractivity (Wildman–Crippen MR) is 139 cm³/mol. The number of amides is 2. The molecule has 1 aliphatic heterocycles. The number of nitrogens with zero attached hydrogens (tertiary/aromatic N) is 2. The summed E-state index contributed by atoms with van der Waals surface area (Å²) in [6.45, 7) is 4.83. The van der Waals surface area contributed by atoms with Gasteiger partial charge in [-0.3, -0.25) is 19.2 Å². The zero-order valence-electron chi connectivity index (χ0n) is 19.4. The van der Waals surface area contributed by atoms with Crippen LogP contribution >= 0.6 is 24.0 Å². The van der Waals surface area contributed by atoms with Crippen LogP contribution in [-0.2, 0) is 14.8 Å². The molecule has 1 atom stereocenters. The van der Waals surface area contributed by atoms with Crippen LogP contribution in [0.3, 0.4) is 0 Å². The van der Waals surface area contributed by atoms with Crippen molar-refractivity contribution >= 4 is 55.8 Å². The number of carbonyl (C=O) groups is 2. The van der Waals surface area contributed by atoms with Crippen molar-refractivity contribution in [3.8, 4) is 0 Å². The molecule has 0 aromatic heterocycles. The number of likely N-dealkylation sites (N-methyl/N-ethyl adjacent to an activating group) is 1. The van der Waals surface area contributed by atoms with Gasteiger partial charge in [-0.15, -0.1) is 0 Å². The molecule has 8 nitrogen and oxygen atoms in total. The van der Waals surface area contributed by atoms with Crippen molar-refractivity contribution in [3.05, 3.63) is 60.2 Å². The largest absolute Gasteiger partial charge is 0.339 e. The summed E-state index contributed by atoms with van der Waals surface area (Å²) >= 11 is 6.82. The van der Waals surface area contributed by atoms with E-state index < -0.39 is 26.7 Å². The summed E-state index contributed by atoms with van der Waals surface area (Å²) in [5, 5.41) is 2.84. The highest BCUT2D eigenvalue weighted by Gasteiger charge is 2.46. The summed E-state index contributed by atoms with van der Waals surface area (Å²) in [6.07, 6.45) is 0. The molecular weight excluding hydrogens is 492 g/mol. The molecular formula is C23H28N4O4S3. The van der Waals surface area contributed by atoms with E-state index in [2.05, 4.69) is 10.0 Å². The average Bonchev–Trinajstić information content (AvgIpc) is 2.76. The highest BCUT2D eigenvalue weighted by atomic mass is 32.2. The molecule has 34 heavy (non-hydrogen) atoms. The Kier molecular flexibility index (Phi) is 8.02. The lowest BCUT2D eigenvalue weighted by Crippen LogP contribution is -2.62. The van der Waals surface area contributed by atoms with Crippen LogP contribution in [0.15, 0.2) is 59.5 Å². The van der Waals surface area contributed by atoms with Crippen molar-refractivity contribution in [2.24, 2.45) is 0 Å². The van der Waals surface area contributed by atoms with Crippen LogP contribution in [0.1, 0.15) is 24.2 Å². The van der Waals surface area contributed by atoms with Gasteiger partial charge in [0, 0.05) is 29.1 Å². The van der Waals surface area contributed by atoms with E-state index in [4.69, 9.17) is 12.2 Å². The van der Waals surface area contributed by atoms with Gasteiger partial charge in [-0.25, -0.2) is 8.42 Å². The standard InChI is InChI=1S/C23H28N4O4S3/c1-23(2)19(21(29)27(22(32)33-23)15-14-26(3)4)24-20(28)16-10-12-17(13-11-16)25-34(30,31)18-8-6-5-7-9-18/h5-13,19,25H,14-15H2,1-4H3,(H,24,28). The molecule has 11 heteroatoms. The monoisotopic (exact) mass is 520 g/mol. The molecule has 1 heterocycles. The van der Waals surface area contributed by atoms with Crippen LogP contribution in [0.5, 0.6) is 0 Å². The summed E-state index contributed by atoms with van der Waals surface area (Å²) in [7, 11) is 0.0942. The average molecular weight is 521 g/mol. The van der Waals surface area contributed by atoms with Crippen LogP contribution < -0.4 is 10.0 Å². The first-order chi connectivity index (χ1) is 15.9. The number of anilines is 1. The molecule has 2 aromatic carbocycles. The van der Waals surface area contributed by atoms with E-state index in [1.165, 1.54) is 53.1 Å². The van der Waals surface area contributed by atoms with Gasteiger partial charge < -0.3 is 10.2 Å². The third kappa shape index (κ3) is 6.15. The van der Waals surface area contributed by atoms with Crippen LogP contribution in [0.25, 0.3) is 0 Å². The molecule has 0 spiro atoms. The molecule has 182 valence electrons. The van der Waals surface area contributed by atoms with Crippen molar-refractivity contribution in [2.75, 3.05) is 31.9 Å². The van der Waals surface area contributed by atoms with E-state index >= 15 is 0 Å². The molecule has 3 rings (SSSR count). The first kappa shape index (κ1) is 26.1. The molecule has 1 saturated heterocycles. The van der Waals surface area contributed by atoms with Crippen LogP contribution in [0, 0.1) is 0 Å². The van der Waals surface area contributed by atoms with Gasteiger partial charge in [0.05, 0.1) is 4.90 Å². The Balaban J connectivity index is 1.71. The zero-order valence-corrected chi connectivity index (χ0v) is 21.9. The third-order valence-electron chi connectivity index (χ3n) is 5.28. The van der Waals surface area contributed by atoms with Crippen LogP contribution in [0.4, 0.5) is 5.69 Å². The van der Waals surface area contributed by atoms with Crippen molar-refractivity contribution in [1.82, 2.24) is 15.1 Å². The summed E-state index contributed by atoms with van der Waals surface area (Å²) in [4.78, 5) is 29.8. The quantitative estimate of drug-likeness (QED) is 0.517. The fourth-order valence-electron chi connectivity index (χ4n) is 3.34. The van der Waals surface area contributed by atoms with Crippen LogP contribution in [-0.4, -0.2) is 72.3 Å². The van der Waals surface area contributed by atoms with Gasteiger partial charge in [0.15, 0.2) is 0 Å². The summed E-state index contributed by atoms with van der Waals surface area (Å²) in [5.74, 6) is -0.666. The van der Waals surface area contributed by atoms with Crippen LogP contribution in [0.2, 0.25) is 0 Å². The molecule has 2 N–H and O–H groups in total. The summed E-state index contributed by atoms with van der Waals surface area (Å²) in [5.41, 5.74) is 0.634. The minimum Gasteiger partial charge on any atom is -0.339 e. The number of hydrogen-bond acceptors (Lipinski definition) is 7. The summed E-state index contributed by atoms with van der Waals surface area (Å²) < 4.78 is 27.4. The topological polar surface area (TPSA) is 98.8 Å². The lowest BCUT2D eigenvalue weighted by molar-refractivity contribution is -0.130. The van der Waals surface area contributed by atoms with Gasteiger partial charge in [-0.2, -0.15) is 0 Å². The molecule has 2 amide bonds. The van der Waals surface area contributed by atoms with Gasteiger partial charge in [0.25, 0.3) is 21.8 Å². The van der Waals surface area contributed by atoms with Gasteiger partial charge in [-0.1, -0.05) is 42.2 Å². The number of carbonyl (C=O) groups excluding carboxylic acids is 2. The number of rotatable bonds is 8. The number of hydrogen-bond donors (Lipinski definition) is 2. The van der Waals surface area contributed by atoms with Gasteiger partial charge in [0.2, 0.25) is 0 Å². The SMILES string of the molecule is CN(C)CCN1C(=O)C(NC(=O)c2ccc(NS(=O)(=O)c3ccccc3)cc2)C(C)(C)SC1=S. The zero-order chi connectivity index (χ0) is 25.1. The van der Waals surface area contributed by atoms with Crippen molar-refractivity contribution in [3.63, 3.8) is 0 Å². The van der Waals surface area contributed by atoms with E-state index in [0.717, 1.165) is 0 Å². The molecule has 0 aliphatic carbocycles. The minimum absolute atomic E-state index is 0.143. The van der Waals surface area contributed by atoms with E-state index in [9.17, 15) is 18.0 Å². The van der Waals surface area contributed by atoms with E-state index in [-0.39, 0.29) is 10.8 Å². The lowest BCUT2D eigenvalue weighted by atomic mass is 10.0. The second kappa shape index (κ2) is 10.4. The number of nitrogens with one attached hydrogen (secondary N) is 2.